The van der Waals surface area contributed by atoms with Crippen LogP contribution in [-0.2, 0) is 40.0 Å². The summed E-state index contributed by atoms with van der Waals surface area (Å²) in [5, 5.41) is 24.1. The number of nitrogens with one attached hydrogen (secondary N) is 6. The number of primary amides is 1. The molecule has 0 aromatic heterocycles. The highest BCUT2D eigenvalue weighted by Gasteiger charge is 2.30. The quantitative estimate of drug-likeness (QED) is 0.0292. The molecule has 0 fully saturated rings. The van der Waals surface area contributed by atoms with Gasteiger partial charge in [-0.15, -0.1) is 0 Å². The van der Waals surface area contributed by atoms with Gasteiger partial charge in [-0.05, 0) is 36.7 Å². The number of hydrogen-bond donors (Lipinski definition) is 11. The first-order valence-electron chi connectivity index (χ1n) is 16.9. The molecule has 1 rings (SSSR count). The summed E-state index contributed by atoms with van der Waals surface area (Å²) in [5.41, 5.74) is 22.2. The summed E-state index contributed by atoms with van der Waals surface area (Å²) in [5.74, 6) is -5.62. The van der Waals surface area contributed by atoms with Crippen LogP contribution in [0.3, 0.4) is 0 Å². The molecule has 7 amide bonds. The number of hydrogen-bond acceptors (Lipinski definition) is 10. The van der Waals surface area contributed by atoms with Crippen LogP contribution in [0, 0.1) is 11.8 Å². The Labute approximate surface area is 303 Å². The summed E-state index contributed by atoms with van der Waals surface area (Å²) in [6, 6.07) is 3.16. The van der Waals surface area contributed by atoms with Gasteiger partial charge in [0.05, 0.1) is 19.7 Å². The summed E-state index contributed by atoms with van der Waals surface area (Å²) in [4.78, 5) is 93.2. The molecule has 52 heavy (non-hydrogen) atoms. The third-order valence-corrected chi connectivity index (χ3v) is 7.53. The summed E-state index contributed by atoms with van der Waals surface area (Å²) in [6.07, 6.45) is 0.728. The summed E-state index contributed by atoms with van der Waals surface area (Å²) < 4.78 is 0. The smallest absolute Gasteiger partial charge is 0.243 e. The molecule has 0 saturated carbocycles. The van der Waals surface area contributed by atoms with Crippen LogP contribution in [-0.4, -0.2) is 109 Å². The van der Waals surface area contributed by atoms with E-state index in [2.05, 4.69) is 36.9 Å². The number of carbonyl (C=O) groups excluding carboxylic acids is 7. The first-order valence-corrected chi connectivity index (χ1v) is 16.9. The fraction of sp³-hybridized carbons (Fsp3) is 0.576. The molecule has 0 aliphatic carbocycles. The Morgan fingerprint density at radius 2 is 1.31 bits per heavy atom. The van der Waals surface area contributed by atoms with Gasteiger partial charge in [-0.25, -0.2) is 0 Å². The highest BCUT2D eigenvalue weighted by Crippen LogP contribution is 2.09. The molecule has 15 N–H and O–H groups in total. The first kappa shape index (κ1) is 44.7. The second kappa shape index (κ2) is 23.2. The van der Waals surface area contributed by atoms with E-state index >= 15 is 0 Å². The molecule has 0 bridgehead atoms. The number of aliphatic imine (C=N–C) groups is 1. The number of rotatable bonds is 23. The van der Waals surface area contributed by atoms with Crippen molar-refractivity contribution < 1.29 is 38.7 Å². The van der Waals surface area contributed by atoms with E-state index in [1.54, 1.807) is 44.2 Å². The van der Waals surface area contributed by atoms with Crippen molar-refractivity contribution >= 4 is 47.3 Å². The van der Waals surface area contributed by atoms with Gasteiger partial charge in [-0.2, -0.15) is 0 Å². The van der Waals surface area contributed by atoms with E-state index in [4.69, 9.17) is 28.0 Å². The van der Waals surface area contributed by atoms with E-state index in [0.29, 0.717) is 12.0 Å². The highest BCUT2D eigenvalue weighted by atomic mass is 16.3. The van der Waals surface area contributed by atoms with E-state index in [9.17, 15) is 33.6 Å². The van der Waals surface area contributed by atoms with Gasteiger partial charge in [0.2, 0.25) is 41.4 Å². The maximum Gasteiger partial charge on any atom is 0.243 e. The Kier molecular flexibility index (Phi) is 20.0. The fourth-order valence-corrected chi connectivity index (χ4v) is 4.76. The van der Waals surface area contributed by atoms with E-state index in [1.807, 2.05) is 13.8 Å². The Hall–Kier alpha value is -5.30. The van der Waals surface area contributed by atoms with Gasteiger partial charge >= 0.3 is 0 Å². The molecule has 290 valence electrons. The highest BCUT2D eigenvalue weighted by molar-refractivity contribution is 5.96. The SMILES string of the molecule is CC(C)C[C@H](NC(=O)[C@H](Cc1ccccc1)NC(=O)CNC(=O)[C@@H](N)CO)C(=O)NCC(=O)N[C@H](C(=O)N[C@@H](CCCN=C(N)N)C(N)=O)C(C)C. The fourth-order valence-electron chi connectivity index (χ4n) is 4.76. The van der Waals surface area contributed by atoms with Crippen LogP contribution < -0.4 is 54.8 Å². The number of nitrogens with zero attached hydrogens (tertiary/aromatic N) is 1. The van der Waals surface area contributed by atoms with Crippen molar-refractivity contribution in [1.82, 2.24) is 31.9 Å². The second-order valence-electron chi connectivity index (χ2n) is 12.9. The maximum atomic E-state index is 13.5. The third kappa shape index (κ3) is 17.6. The number of aliphatic hydroxyl groups excluding tert-OH is 1. The molecule has 19 heteroatoms. The van der Waals surface area contributed by atoms with E-state index in [1.165, 1.54) is 0 Å². The van der Waals surface area contributed by atoms with Crippen LogP contribution in [0.1, 0.15) is 52.5 Å². The van der Waals surface area contributed by atoms with Crippen LogP contribution in [0.4, 0.5) is 0 Å². The van der Waals surface area contributed by atoms with Crippen molar-refractivity contribution in [3.63, 3.8) is 0 Å². The lowest BCUT2D eigenvalue weighted by Gasteiger charge is -2.26. The number of carbonyl (C=O) groups is 7. The van der Waals surface area contributed by atoms with Gasteiger partial charge in [-0.1, -0.05) is 58.0 Å². The summed E-state index contributed by atoms with van der Waals surface area (Å²) >= 11 is 0. The average molecular weight is 734 g/mol. The van der Waals surface area contributed by atoms with Gasteiger partial charge in [0, 0.05) is 13.0 Å². The van der Waals surface area contributed by atoms with Crippen LogP contribution in [0.25, 0.3) is 0 Å². The first-order chi connectivity index (χ1) is 24.4. The minimum atomic E-state index is -1.23. The molecule has 0 saturated heterocycles. The minimum Gasteiger partial charge on any atom is -0.394 e. The number of nitrogens with two attached hydrogens (primary N) is 4. The molecule has 1 aromatic carbocycles. The monoisotopic (exact) mass is 733 g/mol. The normalized spacial score (nSPS) is 13.8. The van der Waals surface area contributed by atoms with Gasteiger partial charge in [0.1, 0.15) is 30.2 Å². The van der Waals surface area contributed by atoms with Crippen LogP contribution in [0.2, 0.25) is 0 Å². The van der Waals surface area contributed by atoms with E-state index < -0.39 is 97.2 Å². The Bertz CT molecular complexity index is 1390. The number of amides is 7. The molecular formula is C33H55N11O8. The van der Waals surface area contributed by atoms with Gasteiger partial charge in [0.15, 0.2) is 5.96 Å². The van der Waals surface area contributed by atoms with Crippen LogP contribution >= 0.6 is 0 Å². The van der Waals surface area contributed by atoms with Crippen molar-refractivity contribution in [2.75, 3.05) is 26.2 Å². The molecule has 5 atom stereocenters. The molecule has 19 nitrogen and oxygen atoms in total. The molecule has 0 unspecified atom stereocenters. The predicted molar refractivity (Wildman–Crippen MR) is 192 cm³/mol. The van der Waals surface area contributed by atoms with Crippen LogP contribution in [0.5, 0.6) is 0 Å². The lowest BCUT2D eigenvalue weighted by molar-refractivity contribution is -0.134. The standard InChI is InChI=1S/C33H55N11O8/c1-18(2)13-23(43-31(51)24(14-20-9-6-5-7-10-20)41-25(46)15-39-29(49)21(34)17-45)30(50)40-16-26(47)44-27(19(3)4)32(52)42-22(28(35)48)11-8-12-38-33(36)37/h5-7,9-10,18-19,21-24,27,45H,8,11-17,34H2,1-4H3,(H2,35,48)(H,39,49)(H,40,50)(H,41,46)(H,42,52)(H,43,51)(H,44,47)(H4,36,37,38)/t21-,22-,23-,24-,27-/m0/s1. The zero-order chi connectivity index (χ0) is 39.4. The minimum absolute atomic E-state index is 0.0481. The van der Waals surface area contributed by atoms with Crippen molar-refractivity contribution in [3.05, 3.63) is 35.9 Å². The molecule has 0 heterocycles. The largest absolute Gasteiger partial charge is 0.394 e. The van der Waals surface area contributed by atoms with Crippen molar-refractivity contribution in [2.24, 2.45) is 39.8 Å². The predicted octanol–water partition coefficient (Wildman–Crippen LogP) is -4.04. The third-order valence-electron chi connectivity index (χ3n) is 7.53. The second-order valence-corrected chi connectivity index (χ2v) is 12.9. The molecule has 1 aromatic rings. The average Bonchev–Trinajstić information content (AvgIpc) is 3.08. The molecule has 0 aliphatic heterocycles. The van der Waals surface area contributed by atoms with Crippen molar-refractivity contribution in [1.29, 1.82) is 0 Å². The number of aliphatic hydroxyl groups is 1. The Morgan fingerprint density at radius 1 is 0.731 bits per heavy atom. The number of guanidine groups is 1. The maximum absolute atomic E-state index is 13.5. The van der Waals surface area contributed by atoms with Crippen molar-refractivity contribution in [3.8, 4) is 0 Å². The molecule has 0 aliphatic rings. The van der Waals surface area contributed by atoms with Gasteiger partial charge in [-0.3, -0.25) is 38.6 Å². The topological polar surface area (TPSA) is 328 Å². The molecule has 0 spiro atoms. The summed E-state index contributed by atoms with van der Waals surface area (Å²) in [7, 11) is 0. The zero-order valence-corrected chi connectivity index (χ0v) is 30.1. The molecular weight excluding hydrogens is 678 g/mol. The van der Waals surface area contributed by atoms with E-state index in [0.717, 1.165) is 0 Å². The number of benzene rings is 1. The summed E-state index contributed by atoms with van der Waals surface area (Å²) in [6.45, 7) is 5.54. The zero-order valence-electron chi connectivity index (χ0n) is 30.1. The Balaban J connectivity index is 2.97. The molecule has 0 radical (unpaired) electrons. The van der Waals surface area contributed by atoms with Gasteiger partial charge in [0.25, 0.3) is 0 Å². The Morgan fingerprint density at radius 3 is 1.85 bits per heavy atom. The van der Waals surface area contributed by atoms with Crippen molar-refractivity contribution in [2.45, 2.75) is 83.6 Å². The lowest BCUT2D eigenvalue weighted by atomic mass is 10.0. The van der Waals surface area contributed by atoms with Crippen LogP contribution in [0.15, 0.2) is 35.3 Å². The van der Waals surface area contributed by atoms with Gasteiger partial charge < -0.3 is 59.9 Å². The lowest BCUT2D eigenvalue weighted by Crippen LogP contribution is -2.57. The van der Waals surface area contributed by atoms with E-state index in [-0.39, 0.29) is 37.7 Å².